The molecule has 0 aromatic carbocycles. The maximum Gasteiger partial charge on any atom is 0.223 e. The molecule has 6 heteroatoms. The molecule has 1 aromatic rings. The van der Waals surface area contributed by atoms with Crippen LogP contribution < -0.4 is 5.32 Å². The highest BCUT2D eigenvalue weighted by molar-refractivity contribution is 6.08. The number of guanidine groups is 1. The van der Waals surface area contributed by atoms with Crippen molar-refractivity contribution in [1.29, 1.82) is 0 Å². The number of nitrogens with zero attached hydrogens (tertiary/aromatic N) is 5. The van der Waals surface area contributed by atoms with E-state index in [2.05, 4.69) is 49.8 Å². The largest absolute Gasteiger partial charge is 0.309 e. The van der Waals surface area contributed by atoms with E-state index in [0.717, 1.165) is 49.8 Å². The molecule has 0 atom stereocenters. The van der Waals surface area contributed by atoms with Crippen molar-refractivity contribution in [3.05, 3.63) is 36.0 Å². The molecule has 0 unspecified atom stereocenters. The molecule has 0 radical (unpaired) electrons. The van der Waals surface area contributed by atoms with Gasteiger partial charge in [0.05, 0.1) is 0 Å². The number of rotatable bonds is 4. The van der Waals surface area contributed by atoms with Crippen molar-refractivity contribution in [3.8, 4) is 0 Å². The van der Waals surface area contributed by atoms with E-state index in [-0.39, 0.29) is 0 Å². The van der Waals surface area contributed by atoms with Crippen LogP contribution in [-0.2, 0) is 6.54 Å². The summed E-state index contributed by atoms with van der Waals surface area (Å²) in [5, 5.41) is 3.14. The summed E-state index contributed by atoms with van der Waals surface area (Å²) in [6, 6.07) is 4.08. The second-order valence-electron chi connectivity index (χ2n) is 6.28. The van der Waals surface area contributed by atoms with Crippen LogP contribution in [0.4, 0.5) is 5.82 Å². The fourth-order valence-corrected chi connectivity index (χ4v) is 2.36. The van der Waals surface area contributed by atoms with E-state index in [1.807, 2.05) is 40.0 Å². The number of nitrogens with one attached hydrogen (secondary N) is 1. The van der Waals surface area contributed by atoms with E-state index in [1.165, 1.54) is 5.56 Å². The third kappa shape index (κ3) is 7.45. The molecule has 2 rings (SSSR count). The number of piperazine rings is 1. The summed E-state index contributed by atoms with van der Waals surface area (Å²) in [4.78, 5) is 17.9. The summed E-state index contributed by atoms with van der Waals surface area (Å²) >= 11 is 0. The van der Waals surface area contributed by atoms with Crippen LogP contribution in [0.5, 0.6) is 0 Å². The molecular formula is C20H34N6. The molecule has 1 aliphatic rings. The van der Waals surface area contributed by atoms with Gasteiger partial charge in [0, 0.05) is 51.7 Å². The van der Waals surface area contributed by atoms with Gasteiger partial charge in [-0.25, -0.2) is 9.98 Å². The number of pyridine rings is 1. The Kier molecular flexibility index (Phi) is 9.76. The summed E-state index contributed by atoms with van der Waals surface area (Å²) in [7, 11) is 3.88. The molecule has 144 valence electrons. The van der Waals surface area contributed by atoms with E-state index in [4.69, 9.17) is 0 Å². The third-order valence-corrected chi connectivity index (χ3v) is 4.17. The Morgan fingerprint density at radius 2 is 1.85 bits per heavy atom. The maximum atomic E-state index is 4.48. The van der Waals surface area contributed by atoms with E-state index < -0.39 is 0 Å². The topological polar surface area (TPSA) is 56.1 Å². The molecule has 0 amide bonds. The average molecular weight is 359 g/mol. The van der Waals surface area contributed by atoms with Crippen LogP contribution in [0.3, 0.4) is 0 Å². The van der Waals surface area contributed by atoms with Crippen LogP contribution in [0.1, 0.15) is 33.3 Å². The molecule has 1 fully saturated rings. The first-order valence-corrected chi connectivity index (χ1v) is 9.28. The standard InChI is InChI=1S/C18H28N6.C2H6/c1-14(2)15(3)21-18(19-4)22-17-7-6-16(12-20-17)13-24-10-8-23(5)9-11-24;1-2/h6-7,12H,1,8-11,13H2,2-5H3,(H,19,20,22);1-2H3/b21-15-;. The Balaban J connectivity index is 0.00000163. The average Bonchev–Trinajstić information content (AvgIpc) is 2.66. The normalized spacial score (nSPS) is 16.7. The number of allylic oxidation sites excluding steroid dienone is 1. The van der Waals surface area contributed by atoms with Gasteiger partial charge in [0.15, 0.2) is 0 Å². The van der Waals surface area contributed by atoms with Crippen molar-refractivity contribution < 1.29 is 0 Å². The van der Waals surface area contributed by atoms with Gasteiger partial charge in [0.2, 0.25) is 5.96 Å². The monoisotopic (exact) mass is 358 g/mol. The van der Waals surface area contributed by atoms with E-state index in [9.17, 15) is 0 Å². The lowest BCUT2D eigenvalue weighted by Gasteiger charge is -2.32. The predicted molar refractivity (Wildman–Crippen MR) is 113 cm³/mol. The second-order valence-corrected chi connectivity index (χ2v) is 6.28. The van der Waals surface area contributed by atoms with Gasteiger partial charge in [-0.3, -0.25) is 9.89 Å². The lowest BCUT2D eigenvalue weighted by Crippen LogP contribution is -2.43. The van der Waals surface area contributed by atoms with Crippen molar-refractivity contribution in [3.63, 3.8) is 0 Å². The highest BCUT2D eigenvalue weighted by atomic mass is 15.2. The molecule has 1 saturated heterocycles. The summed E-state index contributed by atoms with van der Waals surface area (Å²) in [6.45, 7) is 17.2. The number of aromatic nitrogens is 1. The van der Waals surface area contributed by atoms with Crippen molar-refractivity contribution in [2.45, 2.75) is 34.2 Å². The van der Waals surface area contributed by atoms with E-state index >= 15 is 0 Å². The lowest BCUT2D eigenvalue weighted by atomic mass is 10.2. The second kappa shape index (κ2) is 11.5. The van der Waals surface area contributed by atoms with Crippen molar-refractivity contribution in [1.82, 2.24) is 14.8 Å². The van der Waals surface area contributed by atoms with E-state index in [0.29, 0.717) is 5.96 Å². The first-order chi connectivity index (χ1) is 12.5. The molecule has 1 N–H and O–H groups in total. The van der Waals surface area contributed by atoms with Gasteiger partial charge < -0.3 is 10.2 Å². The number of anilines is 1. The maximum absolute atomic E-state index is 4.48. The Labute approximate surface area is 158 Å². The zero-order valence-electron chi connectivity index (χ0n) is 17.2. The summed E-state index contributed by atoms with van der Waals surface area (Å²) < 4.78 is 0. The van der Waals surface area contributed by atoms with Crippen molar-refractivity contribution in [2.24, 2.45) is 9.98 Å². The Hall–Kier alpha value is -2.05. The first kappa shape index (κ1) is 22.0. The minimum absolute atomic E-state index is 0.537. The number of likely N-dealkylation sites (N-methyl/N-ethyl adjacent to an activating group) is 1. The highest BCUT2D eigenvalue weighted by Crippen LogP contribution is 2.10. The number of hydrogen-bond donors (Lipinski definition) is 1. The molecule has 0 aliphatic carbocycles. The summed E-state index contributed by atoms with van der Waals surface area (Å²) in [6.07, 6.45) is 1.92. The molecule has 0 spiro atoms. The van der Waals surface area contributed by atoms with Crippen molar-refractivity contribution >= 4 is 17.5 Å². The van der Waals surface area contributed by atoms with Crippen LogP contribution >= 0.6 is 0 Å². The molecule has 6 nitrogen and oxygen atoms in total. The molecule has 1 aromatic heterocycles. The van der Waals surface area contributed by atoms with Gasteiger partial charge in [-0.1, -0.05) is 26.5 Å². The third-order valence-electron chi connectivity index (χ3n) is 4.17. The predicted octanol–water partition coefficient (Wildman–Crippen LogP) is 3.29. The fraction of sp³-hybridized carbons (Fsp3) is 0.550. The van der Waals surface area contributed by atoms with Crippen LogP contribution in [0.2, 0.25) is 0 Å². The minimum atomic E-state index is 0.537. The molecule has 26 heavy (non-hydrogen) atoms. The van der Waals surface area contributed by atoms with E-state index in [1.54, 1.807) is 7.05 Å². The molecule has 0 saturated carbocycles. The Morgan fingerprint density at radius 1 is 1.19 bits per heavy atom. The Bertz CT molecular complexity index is 610. The minimum Gasteiger partial charge on any atom is -0.309 e. The molecule has 2 heterocycles. The SMILES string of the molecule is C=C(C)/C(C)=N\C(=NC)Nc1ccc(CN2CCN(C)CC2)cn1.CC. The van der Waals surface area contributed by atoms with Crippen LogP contribution in [0.15, 0.2) is 40.5 Å². The highest BCUT2D eigenvalue weighted by Gasteiger charge is 2.13. The van der Waals surface area contributed by atoms with Crippen molar-refractivity contribution in [2.75, 3.05) is 45.6 Å². The quantitative estimate of drug-likeness (QED) is 0.663. The zero-order valence-corrected chi connectivity index (χ0v) is 17.2. The van der Waals surface area contributed by atoms with Gasteiger partial charge in [-0.2, -0.15) is 0 Å². The molecular weight excluding hydrogens is 324 g/mol. The van der Waals surface area contributed by atoms with Gasteiger partial charge in [0.1, 0.15) is 5.82 Å². The first-order valence-electron chi connectivity index (χ1n) is 9.28. The smallest absolute Gasteiger partial charge is 0.223 e. The van der Waals surface area contributed by atoms with Crippen LogP contribution in [0, 0.1) is 0 Å². The van der Waals surface area contributed by atoms with Crippen LogP contribution in [0.25, 0.3) is 0 Å². The van der Waals surface area contributed by atoms with Crippen LogP contribution in [-0.4, -0.2) is 66.7 Å². The van der Waals surface area contributed by atoms with Gasteiger partial charge in [-0.15, -0.1) is 0 Å². The molecule has 1 aliphatic heterocycles. The van der Waals surface area contributed by atoms with Gasteiger partial charge in [-0.05, 0) is 38.1 Å². The lowest BCUT2D eigenvalue weighted by molar-refractivity contribution is 0.148. The fourth-order valence-electron chi connectivity index (χ4n) is 2.36. The summed E-state index contributed by atoms with van der Waals surface area (Å²) in [5.41, 5.74) is 3.00. The molecule has 0 bridgehead atoms. The zero-order chi connectivity index (χ0) is 19.5. The van der Waals surface area contributed by atoms with Gasteiger partial charge in [0.25, 0.3) is 0 Å². The van der Waals surface area contributed by atoms with Gasteiger partial charge >= 0.3 is 0 Å². The number of hydrogen-bond acceptors (Lipinski definition) is 4. The Morgan fingerprint density at radius 3 is 2.35 bits per heavy atom. The summed E-state index contributed by atoms with van der Waals surface area (Å²) in [5.74, 6) is 1.28. The number of aliphatic imine (C=N–C) groups is 2.